The fourth-order valence-corrected chi connectivity index (χ4v) is 3.63. The van der Waals surface area contributed by atoms with E-state index >= 15 is 0 Å². The summed E-state index contributed by atoms with van der Waals surface area (Å²) < 4.78 is 0.691. The lowest BCUT2D eigenvalue weighted by Crippen LogP contribution is -2.49. The lowest BCUT2D eigenvalue weighted by molar-refractivity contribution is -0.132. The summed E-state index contributed by atoms with van der Waals surface area (Å²) in [4.78, 5) is 51.4. The summed E-state index contributed by atoms with van der Waals surface area (Å²) in [5.41, 5.74) is 0.594. The quantitative estimate of drug-likeness (QED) is 0.715. The number of carbonyl (C=O) groups is 4. The summed E-state index contributed by atoms with van der Waals surface area (Å²) in [5, 5.41) is 11.3. The predicted octanol–water partition coefficient (Wildman–Crippen LogP) is 1.07. The third kappa shape index (κ3) is 4.01. The third-order valence-corrected chi connectivity index (χ3v) is 5.17. The highest BCUT2D eigenvalue weighted by atomic mass is 79.9. The highest BCUT2D eigenvalue weighted by molar-refractivity contribution is 9.10. The maximum absolute atomic E-state index is 12.5. The Kier molecular flexibility index (Phi) is 5.56. The maximum atomic E-state index is 12.5. The Morgan fingerprint density at radius 3 is 2.52 bits per heavy atom. The van der Waals surface area contributed by atoms with E-state index in [1.54, 1.807) is 29.2 Å². The van der Waals surface area contributed by atoms with E-state index in [9.17, 15) is 19.2 Å². The molecule has 9 heteroatoms. The van der Waals surface area contributed by atoms with E-state index in [-0.39, 0.29) is 30.8 Å². The third-order valence-electron chi connectivity index (χ3n) is 4.68. The van der Waals surface area contributed by atoms with Crippen LogP contribution in [0.4, 0.5) is 0 Å². The van der Waals surface area contributed by atoms with Crippen molar-refractivity contribution in [3.05, 3.63) is 33.8 Å². The van der Waals surface area contributed by atoms with Crippen LogP contribution in [-0.4, -0.2) is 59.1 Å². The second kappa shape index (κ2) is 7.88. The number of imide groups is 1. The molecule has 1 aromatic carbocycles. The molecule has 4 amide bonds. The molecule has 8 nitrogen and oxygen atoms in total. The van der Waals surface area contributed by atoms with Gasteiger partial charge < -0.3 is 10.2 Å². The average Bonchev–Trinajstić information content (AvgIpc) is 2.87. The van der Waals surface area contributed by atoms with Gasteiger partial charge in [0.1, 0.15) is 13.0 Å². The monoisotopic (exact) mass is 432 g/mol. The highest BCUT2D eigenvalue weighted by Crippen LogP contribution is 2.26. The fourth-order valence-electron chi connectivity index (χ4n) is 3.27. The van der Waals surface area contributed by atoms with Crippen molar-refractivity contribution in [2.24, 2.45) is 0 Å². The molecule has 0 radical (unpaired) electrons. The lowest BCUT2D eigenvalue weighted by atomic mass is 10.0. The van der Waals surface area contributed by atoms with E-state index in [4.69, 9.17) is 5.26 Å². The zero-order chi connectivity index (χ0) is 19.6. The number of nitrogens with zero attached hydrogens (tertiary/aromatic N) is 3. The van der Waals surface area contributed by atoms with Crippen molar-refractivity contribution in [3.8, 4) is 6.07 Å². The minimum absolute atomic E-state index is 0.0773. The highest BCUT2D eigenvalue weighted by Gasteiger charge is 2.37. The van der Waals surface area contributed by atoms with Crippen molar-refractivity contribution >= 4 is 39.6 Å². The number of amides is 4. The van der Waals surface area contributed by atoms with Gasteiger partial charge in [0.2, 0.25) is 11.8 Å². The van der Waals surface area contributed by atoms with Crippen LogP contribution >= 0.6 is 15.9 Å². The van der Waals surface area contributed by atoms with Crippen LogP contribution in [0.15, 0.2) is 22.7 Å². The second-order valence-corrected chi connectivity index (χ2v) is 7.36. The first-order chi connectivity index (χ1) is 12.9. The van der Waals surface area contributed by atoms with Crippen LogP contribution in [0.2, 0.25) is 0 Å². The summed E-state index contributed by atoms with van der Waals surface area (Å²) in [7, 11) is 0. The van der Waals surface area contributed by atoms with Gasteiger partial charge in [0.05, 0.1) is 17.2 Å². The molecule has 1 N–H and O–H groups in total. The van der Waals surface area contributed by atoms with Crippen LogP contribution in [0.1, 0.15) is 40.0 Å². The van der Waals surface area contributed by atoms with E-state index < -0.39 is 11.8 Å². The maximum Gasteiger partial charge on any atom is 0.262 e. The second-order valence-electron chi connectivity index (χ2n) is 6.44. The standard InChI is InChI=1S/C18H17BrN4O4/c19-11-1-2-13-14(9-11)18(27)23(17(13)26)10-16(25)22-7-4-12(5-8-22)21-15(24)3-6-20/h1-2,9,12H,3-5,7-8,10H2,(H,21,24). The number of halogens is 1. The number of hydrogen-bond acceptors (Lipinski definition) is 5. The number of likely N-dealkylation sites (tertiary alicyclic amines) is 1. The van der Waals surface area contributed by atoms with Gasteiger partial charge in [-0.2, -0.15) is 5.26 Å². The van der Waals surface area contributed by atoms with Gasteiger partial charge in [-0.1, -0.05) is 15.9 Å². The predicted molar refractivity (Wildman–Crippen MR) is 97.5 cm³/mol. The zero-order valence-electron chi connectivity index (χ0n) is 14.4. The van der Waals surface area contributed by atoms with Crippen LogP contribution in [0.5, 0.6) is 0 Å². The van der Waals surface area contributed by atoms with E-state index in [1.165, 1.54) is 0 Å². The number of carbonyl (C=O) groups excluding carboxylic acids is 4. The van der Waals surface area contributed by atoms with E-state index in [2.05, 4.69) is 21.2 Å². The number of hydrogen-bond donors (Lipinski definition) is 1. The zero-order valence-corrected chi connectivity index (χ0v) is 16.0. The molecule has 0 atom stereocenters. The summed E-state index contributed by atoms with van der Waals surface area (Å²) in [6, 6.07) is 6.55. The molecule has 0 aliphatic carbocycles. The molecule has 1 aromatic rings. The Hall–Kier alpha value is -2.73. The van der Waals surface area contributed by atoms with Crippen LogP contribution in [0, 0.1) is 11.3 Å². The number of fused-ring (bicyclic) bond motifs is 1. The Labute approximate surface area is 164 Å². The molecular weight excluding hydrogens is 416 g/mol. The van der Waals surface area contributed by atoms with Crippen molar-refractivity contribution in [2.75, 3.05) is 19.6 Å². The Bertz CT molecular complexity index is 855. The van der Waals surface area contributed by atoms with Crippen molar-refractivity contribution in [3.63, 3.8) is 0 Å². The Morgan fingerprint density at radius 2 is 1.85 bits per heavy atom. The topological polar surface area (TPSA) is 111 Å². The summed E-state index contributed by atoms with van der Waals surface area (Å²) in [6.45, 7) is 0.547. The molecule has 0 spiro atoms. The van der Waals surface area contributed by atoms with Gasteiger partial charge in [0.15, 0.2) is 0 Å². The van der Waals surface area contributed by atoms with Crippen molar-refractivity contribution in [1.29, 1.82) is 5.26 Å². The molecule has 1 saturated heterocycles. The molecule has 0 unspecified atom stereocenters. The smallest absolute Gasteiger partial charge is 0.262 e. The SMILES string of the molecule is N#CCC(=O)NC1CCN(C(=O)CN2C(=O)c3ccc(Br)cc3C2=O)CC1. The molecule has 2 aliphatic rings. The fraction of sp³-hybridized carbons (Fsp3) is 0.389. The molecule has 0 bridgehead atoms. The van der Waals surface area contributed by atoms with E-state index in [1.807, 2.05) is 0 Å². The van der Waals surface area contributed by atoms with Gasteiger partial charge in [-0.05, 0) is 31.0 Å². The van der Waals surface area contributed by atoms with E-state index in [0.29, 0.717) is 41.5 Å². The molecule has 27 heavy (non-hydrogen) atoms. The minimum atomic E-state index is -0.469. The summed E-state index contributed by atoms with van der Waals surface area (Å²) in [6.07, 6.45) is 0.949. The van der Waals surface area contributed by atoms with Crippen molar-refractivity contribution in [2.45, 2.75) is 25.3 Å². The summed E-state index contributed by atoms with van der Waals surface area (Å²) in [5.74, 6) is -1.55. The Balaban J connectivity index is 1.56. The first-order valence-corrected chi connectivity index (χ1v) is 9.30. The number of rotatable bonds is 4. The Morgan fingerprint density at radius 1 is 1.19 bits per heavy atom. The van der Waals surface area contributed by atoms with Gasteiger partial charge in [0.25, 0.3) is 11.8 Å². The minimum Gasteiger partial charge on any atom is -0.352 e. The molecule has 1 fully saturated rings. The van der Waals surface area contributed by atoms with Crippen LogP contribution < -0.4 is 5.32 Å². The number of nitrogens with one attached hydrogen (secondary N) is 1. The van der Waals surface area contributed by atoms with Gasteiger partial charge in [0, 0.05) is 23.6 Å². The number of benzene rings is 1. The summed E-state index contributed by atoms with van der Waals surface area (Å²) >= 11 is 3.27. The normalized spacial score (nSPS) is 16.9. The van der Waals surface area contributed by atoms with Crippen molar-refractivity contribution < 1.29 is 19.2 Å². The van der Waals surface area contributed by atoms with Gasteiger partial charge in [-0.3, -0.25) is 24.1 Å². The molecular formula is C18H17BrN4O4. The molecule has 140 valence electrons. The first-order valence-electron chi connectivity index (χ1n) is 8.50. The molecule has 2 heterocycles. The first kappa shape index (κ1) is 19.0. The van der Waals surface area contributed by atoms with Gasteiger partial charge >= 0.3 is 0 Å². The van der Waals surface area contributed by atoms with E-state index in [0.717, 1.165) is 4.90 Å². The lowest BCUT2D eigenvalue weighted by Gasteiger charge is -2.33. The molecule has 0 aromatic heterocycles. The van der Waals surface area contributed by atoms with Gasteiger partial charge in [-0.25, -0.2) is 0 Å². The van der Waals surface area contributed by atoms with Crippen molar-refractivity contribution in [1.82, 2.24) is 15.1 Å². The number of piperidine rings is 1. The van der Waals surface area contributed by atoms with Crippen LogP contribution in [-0.2, 0) is 9.59 Å². The van der Waals surface area contributed by atoms with Crippen LogP contribution in [0.3, 0.4) is 0 Å². The molecule has 2 aliphatic heterocycles. The van der Waals surface area contributed by atoms with Gasteiger partial charge in [-0.15, -0.1) is 0 Å². The average molecular weight is 433 g/mol. The van der Waals surface area contributed by atoms with Crippen LogP contribution in [0.25, 0.3) is 0 Å². The molecule has 3 rings (SSSR count). The number of nitriles is 1. The molecule has 0 saturated carbocycles. The largest absolute Gasteiger partial charge is 0.352 e.